The van der Waals surface area contributed by atoms with Gasteiger partial charge in [-0.3, -0.25) is 4.57 Å². The van der Waals surface area contributed by atoms with E-state index in [-0.39, 0.29) is 0 Å². The maximum absolute atomic E-state index is 4.43. The largest absolute Gasteiger partial charge is 0.310 e. The lowest BCUT2D eigenvalue weighted by Gasteiger charge is -2.13. The van der Waals surface area contributed by atoms with Crippen LogP contribution in [0.2, 0.25) is 0 Å². The fourth-order valence-electron chi connectivity index (χ4n) is 2.51. The van der Waals surface area contributed by atoms with Crippen LogP contribution < -0.4 is 5.32 Å². The molecule has 1 N–H and O–H groups in total. The Kier molecular flexibility index (Phi) is 3.52. The van der Waals surface area contributed by atoms with Crippen molar-refractivity contribution in [3.8, 4) is 5.69 Å². The highest BCUT2D eigenvalue weighted by Crippen LogP contribution is 2.20. The molecule has 20 heavy (non-hydrogen) atoms. The van der Waals surface area contributed by atoms with Crippen LogP contribution in [-0.4, -0.2) is 16.1 Å². The third-order valence-electron chi connectivity index (χ3n) is 3.64. The molecule has 1 atom stereocenters. The zero-order valence-electron chi connectivity index (χ0n) is 11.9. The predicted molar refractivity (Wildman–Crippen MR) is 83.2 cm³/mol. The summed E-state index contributed by atoms with van der Waals surface area (Å²) in [5.74, 6) is 0. The summed E-state index contributed by atoms with van der Waals surface area (Å²) < 4.78 is 2.12. The monoisotopic (exact) mass is 265 g/mol. The minimum Gasteiger partial charge on any atom is -0.310 e. The van der Waals surface area contributed by atoms with Gasteiger partial charge >= 0.3 is 0 Å². The first-order valence-corrected chi connectivity index (χ1v) is 7.05. The lowest BCUT2D eigenvalue weighted by molar-refractivity contribution is 0.598. The van der Waals surface area contributed by atoms with Gasteiger partial charge in [-0.2, -0.15) is 0 Å². The van der Waals surface area contributed by atoms with Gasteiger partial charge in [-0.25, -0.2) is 4.98 Å². The zero-order chi connectivity index (χ0) is 13.9. The molecule has 2 aromatic carbocycles. The summed E-state index contributed by atoms with van der Waals surface area (Å²) in [6.45, 7) is 5.29. The Labute approximate surface area is 119 Å². The van der Waals surface area contributed by atoms with E-state index >= 15 is 0 Å². The summed E-state index contributed by atoms with van der Waals surface area (Å²) in [5.41, 5.74) is 4.61. The molecule has 1 aromatic heterocycles. The third-order valence-corrected chi connectivity index (χ3v) is 3.64. The van der Waals surface area contributed by atoms with Crippen molar-refractivity contribution in [2.75, 3.05) is 6.54 Å². The Balaban J connectivity index is 1.95. The molecular weight excluding hydrogens is 246 g/mol. The topological polar surface area (TPSA) is 29.9 Å². The molecule has 0 bridgehead atoms. The van der Waals surface area contributed by atoms with Crippen LogP contribution in [0.1, 0.15) is 25.5 Å². The molecule has 1 unspecified atom stereocenters. The van der Waals surface area contributed by atoms with Crippen LogP contribution in [0, 0.1) is 0 Å². The minimum absolute atomic E-state index is 0.383. The Hall–Kier alpha value is -2.13. The second-order valence-corrected chi connectivity index (χ2v) is 4.97. The second-order valence-electron chi connectivity index (χ2n) is 4.97. The van der Waals surface area contributed by atoms with Crippen LogP contribution in [0.5, 0.6) is 0 Å². The molecule has 0 saturated carbocycles. The number of imidazole rings is 1. The summed E-state index contributed by atoms with van der Waals surface area (Å²) >= 11 is 0. The Morgan fingerprint density at radius 3 is 2.60 bits per heavy atom. The van der Waals surface area contributed by atoms with Gasteiger partial charge in [0.25, 0.3) is 0 Å². The van der Waals surface area contributed by atoms with Crippen molar-refractivity contribution in [2.24, 2.45) is 0 Å². The smallest absolute Gasteiger partial charge is 0.100 e. The van der Waals surface area contributed by atoms with E-state index in [0.29, 0.717) is 6.04 Å². The SMILES string of the molecule is CCNC(C)c1ccc(-n2cnc3ccccc32)cc1. The van der Waals surface area contributed by atoms with Crippen LogP contribution in [0.25, 0.3) is 16.7 Å². The normalized spacial score (nSPS) is 12.7. The summed E-state index contributed by atoms with van der Waals surface area (Å²) in [6, 6.07) is 17.2. The molecule has 0 aliphatic carbocycles. The third kappa shape index (κ3) is 2.32. The van der Waals surface area contributed by atoms with Gasteiger partial charge in [0.2, 0.25) is 0 Å². The van der Waals surface area contributed by atoms with Gasteiger partial charge < -0.3 is 5.32 Å². The van der Waals surface area contributed by atoms with Crippen molar-refractivity contribution in [3.63, 3.8) is 0 Å². The highest BCUT2D eigenvalue weighted by Gasteiger charge is 2.06. The molecule has 0 aliphatic heterocycles. The van der Waals surface area contributed by atoms with Crippen molar-refractivity contribution in [1.82, 2.24) is 14.9 Å². The lowest BCUT2D eigenvalue weighted by Crippen LogP contribution is -2.17. The standard InChI is InChI=1S/C17H19N3/c1-3-18-13(2)14-8-10-15(11-9-14)20-12-19-16-6-4-5-7-17(16)20/h4-13,18H,3H2,1-2H3. The van der Waals surface area contributed by atoms with Crippen LogP contribution in [0.3, 0.4) is 0 Å². The molecule has 0 amide bonds. The number of fused-ring (bicyclic) bond motifs is 1. The average molecular weight is 265 g/mol. The maximum Gasteiger partial charge on any atom is 0.100 e. The molecule has 0 spiro atoms. The minimum atomic E-state index is 0.383. The van der Waals surface area contributed by atoms with E-state index in [2.05, 4.69) is 59.0 Å². The molecule has 0 fully saturated rings. The van der Waals surface area contributed by atoms with E-state index in [1.54, 1.807) is 0 Å². The van der Waals surface area contributed by atoms with E-state index in [0.717, 1.165) is 23.3 Å². The number of para-hydroxylation sites is 2. The molecule has 1 heterocycles. The van der Waals surface area contributed by atoms with Crippen LogP contribution in [0.4, 0.5) is 0 Å². The molecule has 102 valence electrons. The Morgan fingerprint density at radius 1 is 1.10 bits per heavy atom. The predicted octanol–water partition coefficient (Wildman–Crippen LogP) is 3.70. The fourth-order valence-corrected chi connectivity index (χ4v) is 2.51. The van der Waals surface area contributed by atoms with E-state index in [9.17, 15) is 0 Å². The molecule has 3 nitrogen and oxygen atoms in total. The van der Waals surface area contributed by atoms with Gasteiger partial charge in [-0.1, -0.05) is 31.2 Å². The number of benzene rings is 2. The molecule has 3 aromatic rings. The van der Waals surface area contributed by atoms with Crippen LogP contribution in [0.15, 0.2) is 54.9 Å². The first-order chi connectivity index (χ1) is 9.79. The molecule has 3 rings (SSSR count). The molecule has 0 aliphatic rings. The number of rotatable bonds is 4. The van der Waals surface area contributed by atoms with E-state index in [1.165, 1.54) is 5.56 Å². The first-order valence-electron chi connectivity index (χ1n) is 7.05. The van der Waals surface area contributed by atoms with Gasteiger partial charge in [0.15, 0.2) is 0 Å². The Bertz CT molecular complexity index is 698. The van der Waals surface area contributed by atoms with Gasteiger partial charge in [0, 0.05) is 11.7 Å². The lowest BCUT2D eigenvalue weighted by atomic mass is 10.1. The number of hydrogen-bond donors (Lipinski definition) is 1. The van der Waals surface area contributed by atoms with Crippen LogP contribution in [-0.2, 0) is 0 Å². The second kappa shape index (κ2) is 5.47. The molecular formula is C17H19N3. The number of hydrogen-bond acceptors (Lipinski definition) is 2. The number of nitrogens with zero attached hydrogens (tertiary/aromatic N) is 2. The van der Waals surface area contributed by atoms with Gasteiger partial charge in [0.05, 0.1) is 11.0 Å². The van der Waals surface area contributed by atoms with E-state index in [1.807, 2.05) is 24.5 Å². The first kappa shape index (κ1) is 12.9. The molecule has 3 heteroatoms. The quantitative estimate of drug-likeness (QED) is 0.779. The van der Waals surface area contributed by atoms with E-state index in [4.69, 9.17) is 0 Å². The summed E-state index contributed by atoms with van der Waals surface area (Å²) in [6.07, 6.45) is 1.88. The van der Waals surface area contributed by atoms with Gasteiger partial charge in [-0.05, 0) is 43.3 Å². The van der Waals surface area contributed by atoms with Crippen molar-refractivity contribution in [2.45, 2.75) is 19.9 Å². The number of aromatic nitrogens is 2. The van der Waals surface area contributed by atoms with Gasteiger partial charge in [0.1, 0.15) is 6.33 Å². The van der Waals surface area contributed by atoms with Crippen molar-refractivity contribution < 1.29 is 0 Å². The average Bonchev–Trinajstić information content (AvgIpc) is 2.92. The number of nitrogens with one attached hydrogen (secondary N) is 1. The van der Waals surface area contributed by atoms with Crippen molar-refractivity contribution in [3.05, 3.63) is 60.4 Å². The highest BCUT2D eigenvalue weighted by molar-refractivity contribution is 5.77. The summed E-state index contributed by atoms with van der Waals surface area (Å²) in [4.78, 5) is 4.43. The highest BCUT2D eigenvalue weighted by atomic mass is 15.0. The molecule has 0 saturated heterocycles. The zero-order valence-corrected chi connectivity index (χ0v) is 11.9. The molecule has 0 radical (unpaired) electrons. The van der Waals surface area contributed by atoms with Crippen molar-refractivity contribution >= 4 is 11.0 Å². The van der Waals surface area contributed by atoms with E-state index < -0.39 is 0 Å². The Morgan fingerprint density at radius 2 is 1.85 bits per heavy atom. The van der Waals surface area contributed by atoms with Gasteiger partial charge in [-0.15, -0.1) is 0 Å². The summed E-state index contributed by atoms with van der Waals surface area (Å²) in [7, 11) is 0. The summed E-state index contributed by atoms with van der Waals surface area (Å²) in [5, 5.41) is 3.43. The fraction of sp³-hybridized carbons (Fsp3) is 0.235. The maximum atomic E-state index is 4.43. The van der Waals surface area contributed by atoms with Crippen molar-refractivity contribution in [1.29, 1.82) is 0 Å². The van der Waals surface area contributed by atoms with Crippen LogP contribution >= 0.6 is 0 Å².